The van der Waals surface area contributed by atoms with Crippen LogP contribution in [0.5, 0.6) is 0 Å². The molecule has 0 aliphatic heterocycles. The first-order chi connectivity index (χ1) is 10.1. The number of pyridine rings is 1. The summed E-state index contributed by atoms with van der Waals surface area (Å²) in [6.45, 7) is 0.178. The summed E-state index contributed by atoms with van der Waals surface area (Å²) in [4.78, 5) is 27.9. The minimum Gasteiger partial charge on any atom is -0.481 e. The van der Waals surface area contributed by atoms with Gasteiger partial charge >= 0.3 is 5.97 Å². The Labute approximate surface area is 122 Å². The topological polar surface area (TPSA) is 79.3 Å². The molecule has 108 valence electrons. The Morgan fingerprint density at radius 3 is 2.71 bits per heavy atom. The van der Waals surface area contributed by atoms with E-state index in [4.69, 9.17) is 0 Å². The number of fused-ring (bicyclic) bond motifs is 1. The highest BCUT2D eigenvalue weighted by molar-refractivity contribution is 6.06. The molecule has 2 N–H and O–H groups in total. The summed E-state index contributed by atoms with van der Waals surface area (Å²) in [6.07, 6.45) is 3.83. The Morgan fingerprint density at radius 1 is 1.24 bits per heavy atom. The van der Waals surface area contributed by atoms with Gasteiger partial charge in [-0.1, -0.05) is 18.6 Å². The molecule has 5 heteroatoms. The fourth-order valence-electron chi connectivity index (χ4n) is 2.72. The van der Waals surface area contributed by atoms with Crippen LogP contribution >= 0.6 is 0 Å². The fraction of sp³-hybridized carbons (Fsp3) is 0.312. The quantitative estimate of drug-likeness (QED) is 0.902. The molecule has 1 aromatic heterocycles. The van der Waals surface area contributed by atoms with Crippen LogP contribution in [0.3, 0.4) is 0 Å². The zero-order valence-corrected chi connectivity index (χ0v) is 11.5. The zero-order valence-electron chi connectivity index (χ0n) is 11.5. The van der Waals surface area contributed by atoms with Crippen LogP contribution in [0.2, 0.25) is 0 Å². The third-order valence-electron chi connectivity index (χ3n) is 4.24. The van der Waals surface area contributed by atoms with E-state index in [1.54, 1.807) is 24.4 Å². The van der Waals surface area contributed by atoms with E-state index < -0.39 is 11.4 Å². The van der Waals surface area contributed by atoms with Crippen molar-refractivity contribution in [3.63, 3.8) is 0 Å². The number of hydrogen-bond acceptors (Lipinski definition) is 3. The standard InChI is InChI=1S/C16H16N2O3/c19-14(18-10-16(15(20)21)7-3-8-16)12-4-1-6-13-11(12)5-2-9-17-13/h1-2,4-6,9H,3,7-8,10H2,(H,18,19)(H,20,21). The number of carboxylic acid groups (broad SMARTS) is 1. The third-order valence-corrected chi connectivity index (χ3v) is 4.24. The van der Waals surface area contributed by atoms with Crippen molar-refractivity contribution in [3.8, 4) is 0 Å². The summed E-state index contributed by atoms with van der Waals surface area (Å²) in [5.74, 6) is -1.07. The van der Waals surface area contributed by atoms with Crippen molar-refractivity contribution in [1.29, 1.82) is 0 Å². The number of benzene rings is 1. The maximum atomic E-state index is 12.3. The van der Waals surface area contributed by atoms with Crippen LogP contribution < -0.4 is 5.32 Å². The van der Waals surface area contributed by atoms with Crippen molar-refractivity contribution in [2.45, 2.75) is 19.3 Å². The molecule has 0 atom stereocenters. The van der Waals surface area contributed by atoms with E-state index in [1.807, 2.05) is 12.1 Å². The van der Waals surface area contributed by atoms with Crippen molar-refractivity contribution in [1.82, 2.24) is 10.3 Å². The molecular weight excluding hydrogens is 268 g/mol. The number of nitrogens with one attached hydrogen (secondary N) is 1. The minimum atomic E-state index is -0.825. The SMILES string of the molecule is O=C(NCC1(C(=O)O)CCC1)c1cccc2ncccc12. The Kier molecular flexibility index (Phi) is 3.33. The summed E-state index contributed by atoms with van der Waals surface area (Å²) in [6, 6.07) is 8.97. The van der Waals surface area contributed by atoms with Crippen molar-refractivity contribution in [2.75, 3.05) is 6.54 Å². The number of carbonyl (C=O) groups excluding carboxylic acids is 1. The number of aliphatic carboxylic acids is 1. The number of nitrogens with zero attached hydrogens (tertiary/aromatic N) is 1. The fourth-order valence-corrected chi connectivity index (χ4v) is 2.72. The van der Waals surface area contributed by atoms with Crippen molar-refractivity contribution in [3.05, 3.63) is 42.1 Å². The first-order valence-electron chi connectivity index (χ1n) is 6.98. The molecule has 1 saturated carbocycles. The van der Waals surface area contributed by atoms with E-state index in [9.17, 15) is 14.7 Å². The molecule has 0 radical (unpaired) electrons. The van der Waals surface area contributed by atoms with Gasteiger partial charge in [-0.15, -0.1) is 0 Å². The monoisotopic (exact) mass is 284 g/mol. The van der Waals surface area contributed by atoms with Crippen molar-refractivity contribution in [2.24, 2.45) is 5.41 Å². The average Bonchev–Trinajstić information content (AvgIpc) is 2.45. The van der Waals surface area contributed by atoms with Gasteiger partial charge < -0.3 is 10.4 Å². The van der Waals surface area contributed by atoms with Gasteiger partial charge in [0.25, 0.3) is 5.91 Å². The number of rotatable bonds is 4. The molecule has 1 aromatic carbocycles. The number of amides is 1. The van der Waals surface area contributed by atoms with Gasteiger partial charge in [0, 0.05) is 23.7 Å². The Bertz CT molecular complexity index is 702. The maximum Gasteiger partial charge on any atom is 0.311 e. The summed E-state index contributed by atoms with van der Waals surface area (Å²) >= 11 is 0. The smallest absolute Gasteiger partial charge is 0.311 e. The lowest BCUT2D eigenvalue weighted by molar-refractivity contribution is -0.153. The van der Waals surface area contributed by atoms with E-state index in [0.29, 0.717) is 18.4 Å². The third kappa shape index (κ3) is 2.35. The van der Waals surface area contributed by atoms with Crippen LogP contribution in [0.4, 0.5) is 0 Å². The van der Waals surface area contributed by atoms with E-state index in [-0.39, 0.29) is 12.5 Å². The van der Waals surface area contributed by atoms with Gasteiger partial charge in [-0.2, -0.15) is 0 Å². The molecular formula is C16H16N2O3. The molecule has 5 nitrogen and oxygen atoms in total. The van der Waals surface area contributed by atoms with Crippen LogP contribution in [0.25, 0.3) is 10.9 Å². The average molecular weight is 284 g/mol. The molecule has 0 bridgehead atoms. The van der Waals surface area contributed by atoms with Crippen molar-refractivity contribution >= 4 is 22.8 Å². The zero-order chi connectivity index (χ0) is 14.9. The second-order valence-corrected chi connectivity index (χ2v) is 5.50. The van der Waals surface area contributed by atoms with Crippen LogP contribution in [0, 0.1) is 5.41 Å². The van der Waals surface area contributed by atoms with E-state index in [0.717, 1.165) is 17.3 Å². The Hall–Kier alpha value is -2.43. The molecule has 1 amide bonds. The molecule has 2 aromatic rings. The molecule has 1 heterocycles. The molecule has 0 spiro atoms. The summed E-state index contributed by atoms with van der Waals surface area (Å²) in [7, 11) is 0. The summed E-state index contributed by atoms with van der Waals surface area (Å²) in [5, 5.41) is 12.8. The highest BCUT2D eigenvalue weighted by Gasteiger charge is 2.44. The minimum absolute atomic E-state index is 0.178. The van der Waals surface area contributed by atoms with E-state index in [1.165, 1.54) is 0 Å². The first-order valence-corrected chi connectivity index (χ1v) is 6.98. The molecule has 0 unspecified atom stereocenters. The van der Waals surface area contributed by atoms with Gasteiger partial charge in [-0.3, -0.25) is 14.6 Å². The molecule has 1 aliphatic rings. The Morgan fingerprint density at radius 2 is 2.05 bits per heavy atom. The second kappa shape index (κ2) is 5.16. The van der Waals surface area contributed by atoms with Gasteiger partial charge in [0.2, 0.25) is 0 Å². The number of hydrogen-bond donors (Lipinski definition) is 2. The van der Waals surface area contributed by atoms with Gasteiger partial charge in [0.05, 0.1) is 10.9 Å². The van der Waals surface area contributed by atoms with Crippen LogP contribution in [0.1, 0.15) is 29.6 Å². The highest BCUT2D eigenvalue weighted by atomic mass is 16.4. The van der Waals surface area contributed by atoms with Crippen LogP contribution in [0.15, 0.2) is 36.5 Å². The highest BCUT2D eigenvalue weighted by Crippen LogP contribution is 2.40. The number of carbonyl (C=O) groups is 2. The van der Waals surface area contributed by atoms with Crippen LogP contribution in [-0.2, 0) is 4.79 Å². The normalized spacial score (nSPS) is 16.2. The lowest BCUT2D eigenvalue weighted by Gasteiger charge is -2.37. The second-order valence-electron chi connectivity index (χ2n) is 5.50. The van der Waals surface area contributed by atoms with Gasteiger partial charge in [-0.05, 0) is 31.0 Å². The van der Waals surface area contributed by atoms with Gasteiger partial charge in [0.15, 0.2) is 0 Å². The first kappa shape index (κ1) is 13.5. The van der Waals surface area contributed by atoms with Gasteiger partial charge in [-0.25, -0.2) is 0 Å². The predicted molar refractivity (Wildman–Crippen MR) is 78.0 cm³/mol. The molecule has 1 aliphatic carbocycles. The molecule has 0 saturated heterocycles. The Balaban J connectivity index is 1.80. The molecule has 1 fully saturated rings. The lowest BCUT2D eigenvalue weighted by atomic mass is 9.69. The largest absolute Gasteiger partial charge is 0.481 e. The molecule has 21 heavy (non-hydrogen) atoms. The van der Waals surface area contributed by atoms with E-state index >= 15 is 0 Å². The number of carboxylic acids is 1. The van der Waals surface area contributed by atoms with Crippen molar-refractivity contribution < 1.29 is 14.7 Å². The molecule has 3 rings (SSSR count). The predicted octanol–water partition coefficient (Wildman–Crippen LogP) is 2.22. The summed E-state index contributed by atoms with van der Waals surface area (Å²) in [5.41, 5.74) is 0.501. The van der Waals surface area contributed by atoms with Gasteiger partial charge in [0.1, 0.15) is 0 Å². The maximum absolute atomic E-state index is 12.3. The summed E-state index contributed by atoms with van der Waals surface area (Å²) < 4.78 is 0. The van der Waals surface area contributed by atoms with Crippen LogP contribution in [-0.4, -0.2) is 28.5 Å². The number of aromatic nitrogens is 1. The van der Waals surface area contributed by atoms with E-state index in [2.05, 4.69) is 10.3 Å². The lowest BCUT2D eigenvalue weighted by Crippen LogP contribution is -2.47.